The van der Waals surface area contributed by atoms with Crippen molar-refractivity contribution < 1.29 is 14.2 Å². The molecule has 3 N–H and O–H groups in total. The second-order valence-corrected chi connectivity index (χ2v) is 8.73. The van der Waals surface area contributed by atoms with Crippen molar-refractivity contribution in [3.63, 3.8) is 0 Å². The van der Waals surface area contributed by atoms with Crippen molar-refractivity contribution in [2.24, 2.45) is 5.73 Å². The van der Waals surface area contributed by atoms with Crippen LogP contribution in [0.3, 0.4) is 0 Å². The molecule has 0 fully saturated rings. The quantitative estimate of drug-likeness (QED) is 0.421. The van der Waals surface area contributed by atoms with E-state index in [2.05, 4.69) is 47.6 Å². The maximum atomic E-state index is 6.50. The Balaban J connectivity index is 1.46. The van der Waals surface area contributed by atoms with E-state index in [1.54, 1.807) is 0 Å². The lowest BCUT2D eigenvalue weighted by Gasteiger charge is -2.33. The first-order valence-corrected chi connectivity index (χ1v) is 11.8. The molecular formula is C24H33Cl2N3O3. The summed E-state index contributed by atoms with van der Waals surface area (Å²) in [5.41, 5.74) is 10.1. The van der Waals surface area contributed by atoms with Crippen molar-refractivity contribution in [3.05, 3.63) is 63.1 Å². The Morgan fingerprint density at radius 2 is 1.72 bits per heavy atom. The van der Waals surface area contributed by atoms with Gasteiger partial charge in [-0.1, -0.05) is 35.3 Å². The van der Waals surface area contributed by atoms with Gasteiger partial charge >= 0.3 is 0 Å². The topological polar surface area (TPSA) is 69.0 Å². The molecule has 1 aliphatic heterocycles. The van der Waals surface area contributed by atoms with Gasteiger partial charge < -0.3 is 30.2 Å². The fourth-order valence-corrected chi connectivity index (χ4v) is 4.46. The molecule has 0 aromatic heterocycles. The highest BCUT2D eigenvalue weighted by molar-refractivity contribution is 6.35. The predicted molar refractivity (Wildman–Crippen MR) is 131 cm³/mol. The van der Waals surface area contributed by atoms with E-state index in [9.17, 15) is 0 Å². The Labute approximate surface area is 200 Å². The van der Waals surface area contributed by atoms with E-state index in [4.69, 9.17) is 43.1 Å². The van der Waals surface area contributed by atoms with Crippen LogP contribution >= 0.6 is 23.2 Å². The molecule has 3 rings (SSSR count). The minimum absolute atomic E-state index is 0.226. The monoisotopic (exact) mass is 481 g/mol. The minimum atomic E-state index is 0.226. The molecule has 2 aromatic rings. The second kappa shape index (κ2) is 13.4. The Morgan fingerprint density at radius 3 is 2.47 bits per heavy atom. The van der Waals surface area contributed by atoms with E-state index in [0.29, 0.717) is 51.2 Å². The SMILES string of the molecule is CN1Cc2c(Cl)cc(Cl)cc2C(c2cccc(NCCOCCOCCOCCN)c2)C1. The van der Waals surface area contributed by atoms with Crippen molar-refractivity contribution in [1.29, 1.82) is 0 Å². The van der Waals surface area contributed by atoms with Crippen LogP contribution < -0.4 is 11.1 Å². The first kappa shape index (κ1) is 25.2. The summed E-state index contributed by atoms with van der Waals surface area (Å²) in [6.45, 7) is 6.44. The standard InChI is InChI=1S/C24H33Cl2N3O3/c1-29-16-22(21-14-19(25)15-24(26)23(21)17-29)18-3-2-4-20(13-18)28-6-8-31-10-12-32-11-9-30-7-5-27/h2-4,13-15,22,28H,5-12,16-17,27H2,1H3. The largest absolute Gasteiger partial charge is 0.383 e. The van der Waals surface area contributed by atoms with Crippen molar-refractivity contribution in [2.45, 2.75) is 12.5 Å². The van der Waals surface area contributed by atoms with Gasteiger partial charge in [0.25, 0.3) is 0 Å². The number of hydrogen-bond acceptors (Lipinski definition) is 6. The first-order valence-electron chi connectivity index (χ1n) is 11.0. The predicted octanol–water partition coefficient (Wildman–Crippen LogP) is 3.99. The number of nitrogens with two attached hydrogens (primary N) is 1. The molecule has 0 spiro atoms. The normalized spacial score (nSPS) is 16.2. The van der Waals surface area contributed by atoms with Gasteiger partial charge in [0.2, 0.25) is 0 Å². The van der Waals surface area contributed by atoms with Gasteiger partial charge in [0.1, 0.15) is 0 Å². The lowest BCUT2D eigenvalue weighted by atomic mass is 9.84. The van der Waals surface area contributed by atoms with Gasteiger partial charge in [-0.3, -0.25) is 0 Å². The molecule has 0 radical (unpaired) electrons. The second-order valence-electron chi connectivity index (χ2n) is 7.88. The first-order chi connectivity index (χ1) is 15.6. The molecule has 1 heterocycles. The number of nitrogens with one attached hydrogen (secondary N) is 1. The van der Waals surface area contributed by atoms with Crippen molar-refractivity contribution in [2.75, 3.05) is 71.6 Å². The van der Waals surface area contributed by atoms with E-state index < -0.39 is 0 Å². The van der Waals surface area contributed by atoms with E-state index >= 15 is 0 Å². The van der Waals surface area contributed by atoms with E-state index in [0.717, 1.165) is 35.9 Å². The molecule has 1 unspecified atom stereocenters. The molecule has 0 aliphatic carbocycles. The Morgan fingerprint density at radius 1 is 1.00 bits per heavy atom. The Bertz CT molecular complexity index is 853. The van der Waals surface area contributed by atoms with Crippen LogP contribution in [0, 0.1) is 0 Å². The molecule has 2 aromatic carbocycles. The number of benzene rings is 2. The molecule has 0 saturated carbocycles. The molecule has 0 saturated heterocycles. The van der Waals surface area contributed by atoms with Crippen molar-refractivity contribution >= 4 is 28.9 Å². The number of halogens is 2. The van der Waals surface area contributed by atoms with Crippen molar-refractivity contribution in [3.8, 4) is 0 Å². The number of hydrogen-bond donors (Lipinski definition) is 2. The summed E-state index contributed by atoms with van der Waals surface area (Å²) in [6.07, 6.45) is 0. The average Bonchev–Trinajstić information content (AvgIpc) is 2.78. The molecular weight excluding hydrogens is 449 g/mol. The summed E-state index contributed by atoms with van der Waals surface area (Å²) in [5, 5.41) is 4.86. The molecule has 0 bridgehead atoms. The van der Waals surface area contributed by atoms with E-state index in [-0.39, 0.29) is 5.92 Å². The van der Waals surface area contributed by atoms with Crippen LogP contribution in [-0.4, -0.2) is 71.2 Å². The maximum Gasteiger partial charge on any atom is 0.0701 e. The van der Waals surface area contributed by atoms with Crippen LogP contribution in [0.1, 0.15) is 22.6 Å². The van der Waals surface area contributed by atoms with Gasteiger partial charge in [0.05, 0.1) is 39.6 Å². The van der Waals surface area contributed by atoms with Gasteiger partial charge in [-0.15, -0.1) is 0 Å². The number of anilines is 1. The highest BCUT2D eigenvalue weighted by Crippen LogP contribution is 2.38. The van der Waals surface area contributed by atoms with Gasteiger partial charge in [0.15, 0.2) is 0 Å². The number of fused-ring (bicyclic) bond motifs is 1. The van der Waals surface area contributed by atoms with Crippen LogP contribution in [0.15, 0.2) is 36.4 Å². The molecule has 8 heteroatoms. The smallest absolute Gasteiger partial charge is 0.0701 e. The lowest BCUT2D eigenvalue weighted by molar-refractivity contribution is 0.0179. The zero-order valence-electron chi connectivity index (χ0n) is 18.6. The third-order valence-corrected chi connectivity index (χ3v) is 5.92. The van der Waals surface area contributed by atoms with Gasteiger partial charge in [-0.05, 0) is 48.0 Å². The zero-order valence-corrected chi connectivity index (χ0v) is 20.1. The molecule has 6 nitrogen and oxygen atoms in total. The summed E-state index contributed by atoms with van der Waals surface area (Å²) < 4.78 is 16.3. The van der Waals surface area contributed by atoms with E-state index in [1.807, 2.05) is 6.07 Å². The summed E-state index contributed by atoms with van der Waals surface area (Å²) in [4.78, 5) is 2.30. The highest BCUT2D eigenvalue weighted by atomic mass is 35.5. The summed E-state index contributed by atoms with van der Waals surface area (Å²) in [6, 6.07) is 12.4. The molecule has 1 atom stereocenters. The van der Waals surface area contributed by atoms with Gasteiger partial charge in [0, 0.05) is 47.8 Å². The third-order valence-electron chi connectivity index (χ3n) is 5.36. The lowest BCUT2D eigenvalue weighted by Crippen LogP contribution is -2.31. The number of rotatable bonds is 13. The number of nitrogens with zero attached hydrogens (tertiary/aromatic N) is 1. The van der Waals surface area contributed by atoms with Crippen molar-refractivity contribution in [1.82, 2.24) is 4.90 Å². The Kier molecular flexibility index (Phi) is 10.5. The average molecular weight is 482 g/mol. The van der Waals surface area contributed by atoms with E-state index in [1.165, 1.54) is 11.1 Å². The zero-order chi connectivity index (χ0) is 22.8. The van der Waals surface area contributed by atoms with Crippen LogP contribution in [0.2, 0.25) is 10.0 Å². The number of ether oxygens (including phenoxy) is 3. The van der Waals surface area contributed by atoms with Crippen LogP contribution in [0.4, 0.5) is 5.69 Å². The van der Waals surface area contributed by atoms with Crippen LogP contribution in [0.25, 0.3) is 0 Å². The fraction of sp³-hybridized carbons (Fsp3) is 0.500. The maximum absolute atomic E-state index is 6.50. The van der Waals surface area contributed by atoms with Crippen LogP contribution in [0.5, 0.6) is 0 Å². The van der Waals surface area contributed by atoms with Gasteiger partial charge in [-0.2, -0.15) is 0 Å². The summed E-state index contributed by atoms with van der Waals surface area (Å²) in [7, 11) is 2.12. The summed E-state index contributed by atoms with van der Waals surface area (Å²) >= 11 is 12.8. The van der Waals surface area contributed by atoms with Gasteiger partial charge in [-0.25, -0.2) is 0 Å². The molecule has 32 heavy (non-hydrogen) atoms. The Hall–Kier alpha value is -1.38. The van der Waals surface area contributed by atoms with Crippen LogP contribution in [-0.2, 0) is 20.8 Å². The minimum Gasteiger partial charge on any atom is -0.383 e. The number of likely N-dealkylation sites (N-methyl/N-ethyl adjacent to an activating group) is 1. The highest BCUT2D eigenvalue weighted by Gasteiger charge is 2.27. The third kappa shape index (κ3) is 7.59. The molecule has 176 valence electrons. The molecule has 1 aliphatic rings. The summed E-state index contributed by atoms with van der Waals surface area (Å²) in [5.74, 6) is 0.226. The fourth-order valence-electron chi connectivity index (χ4n) is 3.89. The molecule has 0 amide bonds.